The molecule has 0 saturated carbocycles. The van der Waals surface area contributed by atoms with Gasteiger partial charge in [-0.15, -0.1) is 11.3 Å². The predicted molar refractivity (Wildman–Crippen MR) is 83.3 cm³/mol. The SMILES string of the molecule is CC1CCN(CC(=O)N(C)Cc2ccc(Br)s2)CC1. The lowest BCUT2D eigenvalue weighted by molar-refractivity contribution is -0.131. The highest BCUT2D eigenvalue weighted by Crippen LogP contribution is 2.23. The molecule has 1 aromatic heterocycles. The quantitative estimate of drug-likeness (QED) is 0.837. The number of carbonyl (C=O) groups is 1. The van der Waals surface area contributed by atoms with E-state index in [9.17, 15) is 4.79 Å². The van der Waals surface area contributed by atoms with E-state index in [-0.39, 0.29) is 5.91 Å². The largest absolute Gasteiger partial charge is 0.340 e. The minimum absolute atomic E-state index is 0.221. The van der Waals surface area contributed by atoms with Gasteiger partial charge in [0, 0.05) is 11.9 Å². The zero-order chi connectivity index (χ0) is 13.8. The monoisotopic (exact) mass is 344 g/mol. The first-order valence-corrected chi connectivity index (χ1v) is 8.36. The molecule has 3 nitrogen and oxygen atoms in total. The maximum Gasteiger partial charge on any atom is 0.236 e. The molecule has 0 spiro atoms. The summed E-state index contributed by atoms with van der Waals surface area (Å²) in [6, 6.07) is 4.10. The molecule has 0 N–H and O–H groups in total. The van der Waals surface area contributed by atoms with Gasteiger partial charge in [-0.05, 0) is 59.9 Å². The third-order valence-corrected chi connectivity index (χ3v) is 5.29. The van der Waals surface area contributed by atoms with Crippen LogP contribution >= 0.6 is 27.3 Å². The van der Waals surface area contributed by atoms with Gasteiger partial charge in [0.05, 0.1) is 16.9 Å². The fraction of sp³-hybridized carbons (Fsp3) is 0.643. The van der Waals surface area contributed by atoms with Crippen LogP contribution < -0.4 is 0 Å². The normalized spacial score (nSPS) is 17.6. The Bertz CT molecular complexity index is 427. The van der Waals surface area contributed by atoms with Crippen molar-refractivity contribution in [2.24, 2.45) is 5.92 Å². The van der Waals surface area contributed by atoms with Gasteiger partial charge in [0.2, 0.25) is 5.91 Å². The van der Waals surface area contributed by atoms with Crippen LogP contribution in [0.1, 0.15) is 24.6 Å². The molecule has 1 amide bonds. The van der Waals surface area contributed by atoms with Gasteiger partial charge < -0.3 is 4.90 Å². The van der Waals surface area contributed by atoms with Crippen molar-refractivity contribution in [3.05, 3.63) is 20.8 Å². The number of piperidine rings is 1. The molecule has 0 bridgehead atoms. The highest BCUT2D eigenvalue weighted by atomic mass is 79.9. The number of carbonyl (C=O) groups excluding carboxylic acids is 1. The van der Waals surface area contributed by atoms with E-state index in [0.29, 0.717) is 13.1 Å². The average molecular weight is 345 g/mol. The molecule has 1 aromatic rings. The Balaban J connectivity index is 1.79. The van der Waals surface area contributed by atoms with Crippen LogP contribution in [0.2, 0.25) is 0 Å². The van der Waals surface area contributed by atoms with Crippen molar-refractivity contribution in [1.29, 1.82) is 0 Å². The number of rotatable bonds is 4. The first-order valence-electron chi connectivity index (χ1n) is 6.75. The van der Waals surface area contributed by atoms with Crippen LogP contribution in [0.4, 0.5) is 0 Å². The summed E-state index contributed by atoms with van der Waals surface area (Å²) in [5.74, 6) is 1.03. The molecule has 1 fully saturated rings. The maximum absolute atomic E-state index is 12.2. The molecule has 19 heavy (non-hydrogen) atoms. The molecule has 0 radical (unpaired) electrons. The summed E-state index contributed by atoms with van der Waals surface area (Å²) in [6.07, 6.45) is 2.43. The molecule has 2 rings (SSSR count). The molecule has 0 unspecified atom stereocenters. The maximum atomic E-state index is 12.2. The van der Waals surface area contributed by atoms with Crippen LogP contribution in [0.5, 0.6) is 0 Å². The summed E-state index contributed by atoms with van der Waals surface area (Å²) >= 11 is 5.14. The number of hydrogen-bond acceptors (Lipinski definition) is 3. The van der Waals surface area contributed by atoms with Crippen LogP contribution in [0, 0.1) is 5.92 Å². The number of halogens is 1. The Morgan fingerprint density at radius 2 is 2.16 bits per heavy atom. The van der Waals surface area contributed by atoms with Crippen LogP contribution in [-0.4, -0.2) is 42.4 Å². The standard InChI is InChI=1S/C14H21BrN2OS/c1-11-5-7-17(8-6-11)10-14(18)16(2)9-12-3-4-13(15)19-12/h3-4,11H,5-10H2,1-2H3. The number of amides is 1. The summed E-state index contributed by atoms with van der Waals surface area (Å²) in [6.45, 7) is 5.69. The smallest absolute Gasteiger partial charge is 0.236 e. The average Bonchev–Trinajstić information content (AvgIpc) is 2.77. The van der Waals surface area contributed by atoms with Crippen molar-refractivity contribution < 1.29 is 4.79 Å². The number of nitrogens with zero attached hydrogens (tertiary/aromatic N) is 2. The van der Waals surface area contributed by atoms with Crippen molar-refractivity contribution in [3.63, 3.8) is 0 Å². The van der Waals surface area contributed by atoms with Crippen LogP contribution in [0.25, 0.3) is 0 Å². The van der Waals surface area contributed by atoms with Gasteiger partial charge in [0.1, 0.15) is 0 Å². The first kappa shape index (κ1) is 15.0. The first-order chi connectivity index (χ1) is 9.04. The Morgan fingerprint density at radius 1 is 1.47 bits per heavy atom. The summed E-state index contributed by atoms with van der Waals surface area (Å²) in [4.78, 5) is 17.5. The second-order valence-electron chi connectivity index (χ2n) is 5.41. The van der Waals surface area contributed by atoms with E-state index in [1.165, 1.54) is 17.7 Å². The van der Waals surface area contributed by atoms with E-state index in [4.69, 9.17) is 0 Å². The van der Waals surface area contributed by atoms with Crippen molar-refractivity contribution in [2.45, 2.75) is 26.3 Å². The fourth-order valence-electron chi connectivity index (χ4n) is 2.29. The lowest BCUT2D eigenvalue weighted by Crippen LogP contribution is -2.41. The van der Waals surface area contributed by atoms with Crippen molar-refractivity contribution >= 4 is 33.2 Å². The highest BCUT2D eigenvalue weighted by Gasteiger charge is 2.19. The Labute approximate surface area is 127 Å². The second-order valence-corrected chi connectivity index (χ2v) is 7.96. The third-order valence-electron chi connectivity index (χ3n) is 3.68. The number of likely N-dealkylation sites (tertiary alicyclic amines) is 1. The Kier molecular flexibility index (Phi) is 5.42. The van der Waals surface area contributed by atoms with Crippen LogP contribution in [0.3, 0.4) is 0 Å². The molecular weight excluding hydrogens is 324 g/mol. The molecular formula is C14H21BrN2OS. The van der Waals surface area contributed by atoms with Gasteiger partial charge in [0.15, 0.2) is 0 Å². The van der Waals surface area contributed by atoms with Gasteiger partial charge in [-0.3, -0.25) is 9.69 Å². The Hall–Kier alpha value is -0.390. The third kappa shape index (κ3) is 4.58. The molecule has 0 aliphatic carbocycles. The molecule has 1 aliphatic rings. The predicted octanol–water partition coefficient (Wildman–Crippen LogP) is 3.20. The highest BCUT2D eigenvalue weighted by molar-refractivity contribution is 9.11. The molecule has 0 atom stereocenters. The lowest BCUT2D eigenvalue weighted by atomic mass is 9.99. The molecule has 106 valence electrons. The Morgan fingerprint density at radius 3 is 2.74 bits per heavy atom. The minimum Gasteiger partial charge on any atom is -0.340 e. The molecule has 5 heteroatoms. The van der Waals surface area contributed by atoms with Gasteiger partial charge >= 0.3 is 0 Å². The molecule has 1 aliphatic heterocycles. The van der Waals surface area contributed by atoms with Gasteiger partial charge in [0.25, 0.3) is 0 Å². The van der Waals surface area contributed by atoms with Gasteiger partial charge in [-0.1, -0.05) is 6.92 Å². The van der Waals surface area contributed by atoms with E-state index in [2.05, 4.69) is 33.8 Å². The van der Waals surface area contributed by atoms with E-state index >= 15 is 0 Å². The van der Waals surface area contributed by atoms with Gasteiger partial charge in [-0.25, -0.2) is 0 Å². The summed E-state index contributed by atoms with van der Waals surface area (Å²) in [5.41, 5.74) is 0. The van der Waals surface area contributed by atoms with Crippen molar-refractivity contribution in [2.75, 3.05) is 26.7 Å². The van der Waals surface area contributed by atoms with E-state index in [1.807, 2.05) is 18.0 Å². The molecule has 1 saturated heterocycles. The lowest BCUT2D eigenvalue weighted by Gasteiger charge is -2.30. The summed E-state index contributed by atoms with van der Waals surface area (Å²) in [7, 11) is 1.89. The minimum atomic E-state index is 0.221. The summed E-state index contributed by atoms with van der Waals surface area (Å²) < 4.78 is 1.12. The topological polar surface area (TPSA) is 23.6 Å². The van der Waals surface area contributed by atoms with E-state index in [1.54, 1.807) is 11.3 Å². The number of hydrogen-bond donors (Lipinski definition) is 0. The molecule has 0 aromatic carbocycles. The van der Waals surface area contributed by atoms with E-state index in [0.717, 1.165) is 22.8 Å². The van der Waals surface area contributed by atoms with E-state index < -0.39 is 0 Å². The summed E-state index contributed by atoms with van der Waals surface area (Å²) in [5, 5.41) is 0. The zero-order valence-corrected chi connectivity index (χ0v) is 14.0. The van der Waals surface area contributed by atoms with Crippen molar-refractivity contribution in [3.8, 4) is 0 Å². The van der Waals surface area contributed by atoms with Crippen LogP contribution in [0.15, 0.2) is 15.9 Å². The molecule has 2 heterocycles. The zero-order valence-electron chi connectivity index (χ0n) is 11.6. The fourth-order valence-corrected chi connectivity index (χ4v) is 3.83. The second kappa shape index (κ2) is 6.86. The number of likely N-dealkylation sites (N-methyl/N-ethyl adjacent to an activating group) is 1. The van der Waals surface area contributed by atoms with Gasteiger partial charge in [-0.2, -0.15) is 0 Å². The number of thiophene rings is 1. The van der Waals surface area contributed by atoms with Crippen molar-refractivity contribution in [1.82, 2.24) is 9.80 Å². The van der Waals surface area contributed by atoms with Crippen LogP contribution in [-0.2, 0) is 11.3 Å².